The summed E-state index contributed by atoms with van der Waals surface area (Å²) < 4.78 is 18.4. The lowest BCUT2D eigenvalue weighted by Gasteiger charge is -2.07. The fourth-order valence-electron chi connectivity index (χ4n) is 1.29. The average Bonchev–Trinajstić information content (AvgIpc) is 2.35. The summed E-state index contributed by atoms with van der Waals surface area (Å²) in [5, 5.41) is 8.59. The Hall–Kier alpha value is -1.27. The van der Waals surface area contributed by atoms with E-state index in [1.54, 1.807) is 12.1 Å². The van der Waals surface area contributed by atoms with E-state index in [2.05, 4.69) is 0 Å². The van der Waals surface area contributed by atoms with Crippen LogP contribution in [0.1, 0.15) is 12.0 Å². The zero-order valence-electron chi connectivity index (χ0n) is 10.1. The molecule has 1 aromatic carbocycles. The Kier molecular flexibility index (Phi) is 5.94. The molecule has 1 atom stereocenters. The van der Waals surface area contributed by atoms with Crippen molar-refractivity contribution in [1.82, 2.24) is 0 Å². The minimum absolute atomic E-state index is 0.315. The van der Waals surface area contributed by atoms with Crippen molar-refractivity contribution in [3.63, 3.8) is 0 Å². The van der Waals surface area contributed by atoms with Gasteiger partial charge in [-0.2, -0.15) is 11.8 Å². The fraction of sp³-hybridized carbons (Fsp3) is 0.417. The molecule has 1 aromatic rings. The molecule has 0 radical (unpaired) electrons. The molecule has 100 valence electrons. The van der Waals surface area contributed by atoms with Gasteiger partial charge in [0.15, 0.2) is 0 Å². The van der Waals surface area contributed by atoms with Gasteiger partial charge in [-0.3, -0.25) is 4.79 Å². The monoisotopic (exact) mass is 273 g/mol. The molecule has 0 amide bonds. The molecular formula is C12H16FNO3S. The molecule has 0 bridgehead atoms. The van der Waals surface area contributed by atoms with E-state index in [-0.39, 0.29) is 5.82 Å². The van der Waals surface area contributed by atoms with Crippen molar-refractivity contribution in [1.29, 1.82) is 0 Å². The van der Waals surface area contributed by atoms with Crippen LogP contribution in [0.2, 0.25) is 0 Å². The number of carbonyl (C=O) groups is 1. The number of benzene rings is 1. The number of nitrogens with two attached hydrogens (primary N) is 1. The van der Waals surface area contributed by atoms with E-state index in [0.717, 1.165) is 0 Å². The Morgan fingerprint density at radius 3 is 2.89 bits per heavy atom. The number of hydrogen-bond acceptors (Lipinski definition) is 4. The van der Waals surface area contributed by atoms with E-state index in [9.17, 15) is 9.18 Å². The van der Waals surface area contributed by atoms with E-state index < -0.39 is 12.0 Å². The number of thioether (sulfide) groups is 1. The predicted octanol–water partition coefficient (Wildman–Crippen LogP) is 1.87. The normalized spacial score (nSPS) is 12.2. The van der Waals surface area contributed by atoms with Crippen LogP contribution in [0, 0.1) is 5.82 Å². The SMILES string of the molecule is COc1ccc(CSCCC(N)C(=O)O)c(F)c1. The minimum atomic E-state index is -1.01. The summed E-state index contributed by atoms with van der Waals surface area (Å²) in [4.78, 5) is 10.5. The highest BCUT2D eigenvalue weighted by Crippen LogP contribution is 2.21. The zero-order chi connectivity index (χ0) is 13.5. The number of hydrogen-bond donors (Lipinski definition) is 2. The Morgan fingerprint density at radius 2 is 2.33 bits per heavy atom. The van der Waals surface area contributed by atoms with E-state index in [0.29, 0.717) is 29.2 Å². The molecule has 0 saturated carbocycles. The van der Waals surface area contributed by atoms with E-state index in [4.69, 9.17) is 15.6 Å². The van der Waals surface area contributed by atoms with Crippen LogP contribution in [0.5, 0.6) is 5.75 Å². The third-order valence-electron chi connectivity index (χ3n) is 2.41. The first kappa shape index (κ1) is 14.8. The summed E-state index contributed by atoms with van der Waals surface area (Å²) in [6, 6.07) is 3.84. The number of aliphatic carboxylic acids is 1. The molecule has 0 heterocycles. The van der Waals surface area contributed by atoms with Gasteiger partial charge in [-0.15, -0.1) is 0 Å². The van der Waals surface area contributed by atoms with Crippen LogP contribution in [0.4, 0.5) is 4.39 Å². The molecule has 0 aliphatic heterocycles. The van der Waals surface area contributed by atoms with Crippen LogP contribution in [-0.4, -0.2) is 30.0 Å². The fourth-order valence-corrected chi connectivity index (χ4v) is 2.31. The summed E-state index contributed by atoms with van der Waals surface area (Å²) in [7, 11) is 1.48. The highest BCUT2D eigenvalue weighted by atomic mass is 32.2. The lowest BCUT2D eigenvalue weighted by molar-refractivity contribution is -0.138. The van der Waals surface area contributed by atoms with Crippen LogP contribution < -0.4 is 10.5 Å². The lowest BCUT2D eigenvalue weighted by Crippen LogP contribution is -2.30. The van der Waals surface area contributed by atoms with E-state index in [1.807, 2.05) is 0 Å². The van der Waals surface area contributed by atoms with Gasteiger partial charge in [-0.1, -0.05) is 6.07 Å². The van der Waals surface area contributed by atoms with Crippen molar-refractivity contribution in [2.24, 2.45) is 5.73 Å². The second-order valence-corrected chi connectivity index (χ2v) is 4.85. The summed E-state index contributed by atoms with van der Waals surface area (Å²) in [5.41, 5.74) is 5.93. The van der Waals surface area contributed by atoms with E-state index in [1.165, 1.54) is 24.9 Å². The minimum Gasteiger partial charge on any atom is -0.497 e. The molecular weight excluding hydrogens is 257 g/mol. The van der Waals surface area contributed by atoms with Crippen molar-refractivity contribution in [3.05, 3.63) is 29.6 Å². The van der Waals surface area contributed by atoms with Crippen LogP contribution in [0.3, 0.4) is 0 Å². The van der Waals surface area contributed by atoms with Gasteiger partial charge in [0.2, 0.25) is 0 Å². The first-order valence-electron chi connectivity index (χ1n) is 5.43. The first-order valence-corrected chi connectivity index (χ1v) is 6.58. The van der Waals surface area contributed by atoms with Gasteiger partial charge < -0.3 is 15.6 Å². The Balaban J connectivity index is 2.38. The molecule has 0 aliphatic rings. The number of ether oxygens (including phenoxy) is 1. The molecule has 0 fully saturated rings. The van der Waals surface area contributed by atoms with Gasteiger partial charge in [-0.25, -0.2) is 4.39 Å². The Labute approximate surface area is 109 Å². The van der Waals surface area contributed by atoms with Crippen LogP contribution in [0.15, 0.2) is 18.2 Å². The molecule has 0 saturated heterocycles. The van der Waals surface area contributed by atoms with Crippen molar-refractivity contribution >= 4 is 17.7 Å². The second kappa shape index (κ2) is 7.23. The molecule has 0 aliphatic carbocycles. The highest BCUT2D eigenvalue weighted by Gasteiger charge is 2.11. The van der Waals surface area contributed by atoms with Crippen molar-refractivity contribution in [3.8, 4) is 5.75 Å². The molecule has 3 N–H and O–H groups in total. The first-order chi connectivity index (χ1) is 8.54. The van der Waals surface area contributed by atoms with Crippen LogP contribution >= 0.6 is 11.8 Å². The standard InChI is InChI=1S/C12H16FNO3S/c1-17-9-3-2-8(10(13)6-9)7-18-5-4-11(14)12(15)16/h2-3,6,11H,4-5,7,14H2,1H3,(H,15,16). The lowest BCUT2D eigenvalue weighted by atomic mass is 10.2. The maximum absolute atomic E-state index is 13.5. The van der Waals surface area contributed by atoms with Crippen LogP contribution in [-0.2, 0) is 10.5 Å². The third kappa shape index (κ3) is 4.54. The quantitative estimate of drug-likeness (QED) is 0.742. The van der Waals surface area contributed by atoms with Gasteiger partial charge in [0.05, 0.1) is 7.11 Å². The number of methoxy groups -OCH3 is 1. The molecule has 6 heteroatoms. The second-order valence-electron chi connectivity index (χ2n) is 3.74. The number of rotatable bonds is 7. The van der Waals surface area contributed by atoms with Crippen molar-refractivity contribution < 1.29 is 19.0 Å². The van der Waals surface area contributed by atoms with E-state index >= 15 is 0 Å². The molecule has 0 spiro atoms. The number of carboxylic acids is 1. The van der Waals surface area contributed by atoms with Crippen molar-refractivity contribution in [2.45, 2.75) is 18.2 Å². The number of halogens is 1. The Bertz CT molecular complexity index is 414. The molecule has 4 nitrogen and oxygen atoms in total. The average molecular weight is 273 g/mol. The highest BCUT2D eigenvalue weighted by molar-refractivity contribution is 7.98. The number of carboxylic acid groups (broad SMARTS) is 1. The van der Waals surface area contributed by atoms with Gasteiger partial charge in [0.25, 0.3) is 0 Å². The largest absolute Gasteiger partial charge is 0.497 e. The summed E-state index contributed by atoms with van der Waals surface area (Å²) in [5.74, 6) is 0.228. The molecule has 18 heavy (non-hydrogen) atoms. The summed E-state index contributed by atoms with van der Waals surface area (Å²) >= 11 is 1.46. The summed E-state index contributed by atoms with van der Waals surface area (Å²) in [6.07, 6.45) is 0.373. The topological polar surface area (TPSA) is 72.5 Å². The summed E-state index contributed by atoms with van der Waals surface area (Å²) in [6.45, 7) is 0. The van der Waals surface area contributed by atoms with Gasteiger partial charge >= 0.3 is 5.97 Å². The molecule has 0 aromatic heterocycles. The Morgan fingerprint density at radius 1 is 1.61 bits per heavy atom. The smallest absolute Gasteiger partial charge is 0.320 e. The molecule has 1 rings (SSSR count). The predicted molar refractivity (Wildman–Crippen MR) is 69.3 cm³/mol. The van der Waals surface area contributed by atoms with Gasteiger partial charge in [0.1, 0.15) is 17.6 Å². The molecule has 1 unspecified atom stereocenters. The van der Waals surface area contributed by atoms with Gasteiger partial charge in [-0.05, 0) is 23.8 Å². The van der Waals surface area contributed by atoms with Gasteiger partial charge in [0, 0.05) is 11.8 Å². The van der Waals surface area contributed by atoms with Crippen LogP contribution in [0.25, 0.3) is 0 Å². The third-order valence-corrected chi connectivity index (χ3v) is 3.45. The zero-order valence-corrected chi connectivity index (χ0v) is 10.9. The van der Waals surface area contributed by atoms with Crippen molar-refractivity contribution in [2.75, 3.05) is 12.9 Å². The maximum atomic E-state index is 13.5. The maximum Gasteiger partial charge on any atom is 0.320 e.